The van der Waals surface area contributed by atoms with Gasteiger partial charge in [0.05, 0.1) is 31.0 Å². The number of nitrogens with zero attached hydrogens (tertiary/aromatic N) is 3. The number of alkyl halides is 1. The molecule has 2 aliphatic heterocycles. The van der Waals surface area contributed by atoms with Crippen LogP contribution in [0.2, 0.25) is 0 Å². The SMILES string of the molecule is CC(C)(C)CCc1cccc(C(=O)N2CCC(F)C2)c1-c1ccc2nc(N)c(N3CCOCC3)cc2c1. The first-order valence-corrected chi connectivity index (χ1v) is 13.3. The van der Waals surface area contributed by atoms with Crippen molar-refractivity contribution in [1.82, 2.24) is 9.88 Å². The van der Waals surface area contributed by atoms with Crippen LogP contribution < -0.4 is 10.6 Å². The van der Waals surface area contributed by atoms with Gasteiger partial charge >= 0.3 is 0 Å². The first-order chi connectivity index (χ1) is 17.7. The van der Waals surface area contributed by atoms with Crippen LogP contribution in [0.1, 0.15) is 49.5 Å². The third-order valence-corrected chi connectivity index (χ3v) is 7.41. The lowest BCUT2D eigenvalue weighted by molar-refractivity contribution is 0.0783. The van der Waals surface area contributed by atoms with E-state index in [1.165, 1.54) is 0 Å². The molecule has 0 saturated carbocycles. The van der Waals surface area contributed by atoms with Crippen LogP contribution in [0.3, 0.4) is 0 Å². The van der Waals surface area contributed by atoms with E-state index in [1.807, 2.05) is 24.3 Å². The molecule has 0 radical (unpaired) electrons. The molecule has 5 rings (SSSR count). The molecule has 1 aromatic heterocycles. The summed E-state index contributed by atoms with van der Waals surface area (Å²) in [5.74, 6) is 0.413. The number of ether oxygens (including phenoxy) is 1. The largest absolute Gasteiger partial charge is 0.382 e. The zero-order chi connectivity index (χ0) is 26.2. The van der Waals surface area contributed by atoms with Crippen LogP contribution >= 0.6 is 0 Å². The Labute approximate surface area is 218 Å². The van der Waals surface area contributed by atoms with E-state index < -0.39 is 6.17 Å². The summed E-state index contributed by atoms with van der Waals surface area (Å²) in [7, 11) is 0. The summed E-state index contributed by atoms with van der Waals surface area (Å²) in [5.41, 5.74) is 11.9. The Morgan fingerprint density at radius 2 is 1.92 bits per heavy atom. The number of carbonyl (C=O) groups is 1. The summed E-state index contributed by atoms with van der Waals surface area (Å²) in [6, 6.07) is 14.2. The molecule has 0 aliphatic carbocycles. The summed E-state index contributed by atoms with van der Waals surface area (Å²) in [6.45, 7) is 10.2. The maximum Gasteiger partial charge on any atom is 0.254 e. The number of amides is 1. The molecule has 2 aliphatic rings. The fourth-order valence-electron chi connectivity index (χ4n) is 5.30. The summed E-state index contributed by atoms with van der Waals surface area (Å²) in [6.07, 6.45) is 1.29. The standard InChI is InChI=1S/C30H37FN4O2/c1-30(2,3)11-9-20-5-4-6-24(29(36)35-12-10-23(31)19-35)27(20)21-7-8-25-22(17-21)18-26(28(32)33-25)34-13-15-37-16-14-34/h4-8,17-18,23H,9-16,19H2,1-3H3,(H2,32,33). The Morgan fingerprint density at radius 1 is 1.14 bits per heavy atom. The topological polar surface area (TPSA) is 71.7 Å². The maximum absolute atomic E-state index is 14.0. The molecule has 0 bridgehead atoms. The second-order valence-corrected chi connectivity index (χ2v) is 11.4. The number of hydrogen-bond donors (Lipinski definition) is 1. The van der Waals surface area contributed by atoms with Crippen LogP contribution in [0.25, 0.3) is 22.0 Å². The van der Waals surface area contributed by atoms with E-state index in [4.69, 9.17) is 10.5 Å². The zero-order valence-corrected chi connectivity index (χ0v) is 22.1. The van der Waals surface area contributed by atoms with Crippen LogP contribution in [0.15, 0.2) is 42.5 Å². The molecule has 1 atom stereocenters. The molecule has 2 aromatic carbocycles. The highest BCUT2D eigenvalue weighted by Gasteiger charge is 2.29. The molecule has 3 aromatic rings. The van der Waals surface area contributed by atoms with Crippen molar-refractivity contribution in [1.29, 1.82) is 0 Å². The van der Waals surface area contributed by atoms with E-state index >= 15 is 0 Å². The molecule has 2 N–H and O–H groups in total. The second-order valence-electron chi connectivity index (χ2n) is 11.4. The zero-order valence-electron chi connectivity index (χ0n) is 22.1. The van der Waals surface area contributed by atoms with Crippen molar-refractivity contribution in [3.63, 3.8) is 0 Å². The Kier molecular flexibility index (Phi) is 7.08. The quantitative estimate of drug-likeness (QED) is 0.498. The average Bonchev–Trinajstić information content (AvgIpc) is 3.32. The first kappa shape index (κ1) is 25.5. The highest BCUT2D eigenvalue weighted by Crippen LogP contribution is 2.36. The first-order valence-electron chi connectivity index (χ1n) is 13.3. The molecule has 3 heterocycles. The normalized spacial score (nSPS) is 18.5. The highest BCUT2D eigenvalue weighted by molar-refractivity contribution is 6.03. The fourth-order valence-corrected chi connectivity index (χ4v) is 5.30. The molecule has 1 amide bonds. The molecular weight excluding hydrogens is 467 g/mol. The molecule has 2 saturated heterocycles. The number of pyridine rings is 1. The van der Waals surface area contributed by atoms with Crippen molar-refractivity contribution in [3.05, 3.63) is 53.6 Å². The van der Waals surface area contributed by atoms with Gasteiger partial charge in [-0.15, -0.1) is 0 Å². The summed E-state index contributed by atoms with van der Waals surface area (Å²) < 4.78 is 19.5. The Morgan fingerprint density at radius 3 is 2.62 bits per heavy atom. The van der Waals surface area contributed by atoms with E-state index in [1.54, 1.807) is 4.90 Å². The van der Waals surface area contributed by atoms with E-state index in [0.717, 1.165) is 59.2 Å². The van der Waals surface area contributed by atoms with Gasteiger partial charge in [0.25, 0.3) is 5.91 Å². The van der Waals surface area contributed by atoms with E-state index in [9.17, 15) is 9.18 Å². The van der Waals surface area contributed by atoms with E-state index in [0.29, 0.717) is 37.6 Å². The molecule has 0 spiro atoms. The van der Waals surface area contributed by atoms with Crippen LogP contribution in [-0.4, -0.2) is 61.4 Å². The summed E-state index contributed by atoms with van der Waals surface area (Å²) in [4.78, 5) is 22.2. The van der Waals surface area contributed by atoms with Crippen molar-refractivity contribution >= 4 is 28.3 Å². The van der Waals surface area contributed by atoms with Crippen molar-refractivity contribution in [2.24, 2.45) is 5.41 Å². The predicted octanol–water partition coefficient (Wildman–Crippen LogP) is 5.48. The van der Waals surface area contributed by atoms with Crippen molar-refractivity contribution in [2.75, 3.05) is 50.0 Å². The van der Waals surface area contributed by atoms with Crippen LogP contribution in [0, 0.1) is 5.41 Å². The Bertz CT molecular complexity index is 1300. The predicted molar refractivity (Wildman–Crippen MR) is 148 cm³/mol. The molecule has 37 heavy (non-hydrogen) atoms. The van der Waals surface area contributed by atoms with Gasteiger partial charge in [0, 0.05) is 30.6 Å². The van der Waals surface area contributed by atoms with E-state index in [-0.39, 0.29) is 17.9 Å². The van der Waals surface area contributed by atoms with Crippen LogP contribution in [0.5, 0.6) is 0 Å². The second kappa shape index (κ2) is 10.3. The van der Waals surface area contributed by atoms with Gasteiger partial charge in [-0.3, -0.25) is 4.79 Å². The number of fused-ring (bicyclic) bond motifs is 1. The Hall–Kier alpha value is -3.19. The van der Waals surface area contributed by atoms with E-state index in [2.05, 4.69) is 48.9 Å². The maximum atomic E-state index is 14.0. The Balaban J connectivity index is 1.60. The number of carbonyl (C=O) groups excluding carboxylic acids is 1. The number of anilines is 2. The number of nitrogen functional groups attached to an aromatic ring is 1. The number of nitrogens with two attached hydrogens (primary N) is 1. The number of hydrogen-bond acceptors (Lipinski definition) is 5. The van der Waals surface area contributed by atoms with Crippen molar-refractivity contribution in [3.8, 4) is 11.1 Å². The number of morpholine rings is 1. The molecule has 2 fully saturated rings. The van der Waals surface area contributed by atoms with Gasteiger partial charge in [0.1, 0.15) is 12.0 Å². The number of benzene rings is 2. The minimum absolute atomic E-state index is 0.0997. The molecule has 7 heteroatoms. The lowest BCUT2D eigenvalue weighted by Crippen LogP contribution is -2.36. The fraction of sp³-hybridized carbons (Fsp3) is 0.467. The lowest BCUT2D eigenvalue weighted by atomic mass is 9.85. The summed E-state index contributed by atoms with van der Waals surface area (Å²) in [5, 5.41) is 0.974. The molecule has 6 nitrogen and oxygen atoms in total. The number of halogens is 1. The number of aryl methyl sites for hydroxylation is 1. The molecular formula is C30H37FN4O2. The lowest BCUT2D eigenvalue weighted by Gasteiger charge is -2.29. The van der Waals surface area contributed by atoms with Gasteiger partial charge in [-0.1, -0.05) is 39.0 Å². The third kappa shape index (κ3) is 5.57. The van der Waals surface area contributed by atoms with Crippen molar-refractivity contribution in [2.45, 2.75) is 46.2 Å². The average molecular weight is 505 g/mol. The van der Waals surface area contributed by atoms with Gasteiger partial charge in [-0.05, 0) is 65.6 Å². The minimum Gasteiger partial charge on any atom is -0.382 e. The monoisotopic (exact) mass is 504 g/mol. The smallest absolute Gasteiger partial charge is 0.254 e. The summed E-state index contributed by atoms with van der Waals surface area (Å²) >= 11 is 0. The highest BCUT2D eigenvalue weighted by atomic mass is 19.1. The minimum atomic E-state index is -0.952. The number of likely N-dealkylation sites (tertiary alicyclic amines) is 1. The van der Waals surface area contributed by atoms with Gasteiger partial charge in [-0.25, -0.2) is 9.37 Å². The van der Waals surface area contributed by atoms with Crippen LogP contribution in [-0.2, 0) is 11.2 Å². The number of rotatable bonds is 5. The number of aromatic nitrogens is 1. The van der Waals surface area contributed by atoms with Crippen molar-refractivity contribution < 1.29 is 13.9 Å². The third-order valence-electron chi connectivity index (χ3n) is 7.41. The van der Waals surface area contributed by atoms with Gasteiger partial charge in [-0.2, -0.15) is 0 Å². The van der Waals surface area contributed by atoms with Gasteiger partial charge in [0.15, 0.2) is 0 Å². The molecule has 1 unspecified atom stereocenters. The molecule has 196 valence electrons. The van der Waals surface area contributed by atoms with Gasteiger partial charge in [0.2, 0.25) is 0 Å². The van der Waals surface area contributed by atoms with Gasteiger partial charge < -0.3 is 20.3 Å². The van der Waals surface area contributed by atoms with Crippen LogP contribution in [0.4, 0.5) is 15.9 Å².